The summed E-state index contributed by atoms with van der Waals surface area (Å²) in [5.41, 5.74) is 2.65. The van der Waals surface area contributed by atoms with Crippen LogP contribution in [-0.4, -0.2) is 0 Å². The SMILES string of the molecule is [Y].[Y].[c-]1ccc(Cc2cc[c-]cc2)cc1. The Morgan fingerprint density at radius 3 is 1.33 bits per heavy atom. The van der Waals surface area contributed by atoms with Crippen LogP contribution in [0.5, 0.6) is 0 Å². The van der Waals surface area contributed by atoms with Crippen LogP contribution >= 0.6 is 0 Å². The van der Waals surface area contributed by atoms with Crippen LogP contribution < -0.4 is 0 Å². The van der Waals surface area contributed by atoms with Crippen molar-refractivity contribution in [1.29, 1.82) is 0 Å². The Morgan fingerprint density at radius 1 is 0.667 bits per heavy atom. The third-order valence-electron chi connectivity index (χ3n) is 1.98. The third kappa shape index (κ3) is 5.50. The Labute approximate surface area is 142 Å². The van der Waals surface area contributed by atoms with Crippen LogP contribution in [0, 0.1) is 12.1 Å². The van der Waals surface area contributed by atoms with Gasteiger partial charge < -0.3 is 0 Å². The van der Waals surface area contributed by atoms with Crippen molar-refractivity contribution in [2.75, 3.05) is 0 Å². The van der Waals surface area contributed by atoms with Crippen molar-refractivity contribution < 1.29 is 65.4 Å². The van der Waals surface area contributed by atoms with Crippen LogP contribution in [0.4, 0.5) is 0 Å². The summed E-state index contributed by atoms with van der Waals surface area (Å²) in [5.74, 6) is 0. The fourth-order valence-corrected chi connectivity index (χ4v) is 1.31. The van der Waals surface area contributed by atoms with Gasteiger partial charge in [-0.05, 0) is 6.42 Å². The second-order valence-electron chi connectivity index (χ2n) is 2.99. The molecule has 2 heteroatoms. The Morgan fingerprint density at radius 2 is 1.00 bits per heavy atom. The summed E-state index contributed by atoms with van der Waals surface area (Å²) in [5, 5.41) is 0. The van der Waals surface area contributed by atoms with Gasteiger partial charge >= 0.3 is 0 Å². The van der Waals surface area contributed by atoms with Crippen LogP contribution in [-0.2, 0) is 71.8 Å². The van der Waals surface area contributed by atoms with E-state index in [0.29, 0.717) is 0 Å². The van der Waals surface area contributed by atoms with Crippen LogP contribution in [0.2, 0.25) is 0 Å². The van der Waals surface area contributed by atoms with Gasteiger partial charge in [0.25, 0.3) is 0 Å². The predicted octanol–water partition coefficient (Wildman–Crippen LogP) is 2.87. The summed E-state index contributed by atoms with van der Waals surface area (Å²) < 4.78 is 0. The van der Waals surface area contributed by atoms with Crippen molar-refractivity contribution in [3.8, 4) is 0 Å². The molecule has 15 heavy (non-hydrogen) atoms. The molecule has 70 valence electrons. The van der Waals surface area contributed by atoms with Gasteiger partial charge in [-0.25, -0.2) is 0 Å². The number of benzene rings is 2. The molecule has 0 amide bonds. The van der Waals surface area contributed by atoms with E-state index >= 15 is 0 Å². The zero-order valence-corrected chi connectivity index (χ0v) is 14.2. The fraction of sp³-hybridized carbons (Fsp3) is 0.0769. The van der Waals surface area contributed by atoms with Crippen molar-refractivity contribution in [3.63, 3.8) is 0 Å². The van der Waals surface area contributed by atoms with E-state index in [1.807, 2.05) is 24.3 Å². The summed E-state index contributed by atoms with van der Waals surface area (Å²) >= 11 is 0. The minimum absolute atomic E-state index is 0. The molecule has 0 aliphatic heterocycles. The van der Waals surface area contributed by atoms with Gasteiger partial charge in [0.1, 0.15) is 0 Å². The molecular formula is C13H10Y2-2. The van der Waals surface area contributed by atoms with E-state index < -0.39 is 0 Å². The smallest absolute Gasteiger partial charge is 0 e. The Bertz CT molecular complexity index is 319. The molecule has 0 aromatic heterocycles. The molecule has 0 aliphatic carbocycles. The zero-order valence-electron chi connectivity index (χ0n) is 8.48. The van der Waals surface area contributed by atoms with Gasteiger partial charge in [-0.1, -0.05) is 0 Å². The molecule has 0 spiro atoms. The Hall–Kier alpha value is 0.648. The van der Waals surface area contributed by atoms with Crippen LogP contribution in [0.25, 0.3) is 0 Å². The Balaban J connectivity index is 0.000000980. The van der Waals surface area contributed by atoms with Gasteiger partial charge in [0, 0.05) is 65.4 Å². The Kier molecular flexibility index (Phi) is 9.14. The van der Waals surface area contributed by atoms with Gasteiger partial charge in [-0.2, -0.15) is 71.8 Å². The van der Waals surface area contributed by atoms with E-state index in [4.69, 9.17) is 0 Å². The van der Waals surface area contributed by atoms with E-state index in [1.165, 1.54) is 11.1 Å². The molecule has 0 saturated heterocycles. The first-order chi connectivity index (χ1) is 6.45. The molecule has 0 aliphatic rings. The van der Waals surface area contributed by atoms with Crippen molar-refractivity contribution in [2.45, 2.75) is 6.42 Å². The normalized spacial score (nSPS) is 8.53. The molecule has 0 heterocycles. The first-order valence-corrected chi connectivity index (χ1v) is 4.35. The molecule has 2 aromatic carbocycles. The molecule has 0 nitrogen and oxygen atoms in total. The monoisotopic (exact) mass is 344 g/mol. The standard InChI is InChI=1S/C13H10.2Y/c1-3-7-12(8-4-1)11-13-9-5-2-6-10-13;;/h3-10H,11H2;;/q-2;;. The van der Waals surface area contributed by atoms with Crippen LogP contribution in [0.1, 0.15) is 11.1 Å². The van der Waals surface area contributed by atoms with Crippen molar-refractivity contribution in [1.82, 2.24) is 0 Å². The fourth-order valence-electron chi connectivity index (χ4n) is 1.31. The number of rotatable bonds is 2. The molecule has 0 bridgehead atoms. The summed E-state index contributed by atoms with van der Waals surface area (Å²) in [7, 11) is 0. The molecular weight excluding hydrogens is 334 g/mol. The van der Waals surface area contributed by atoms with E-state index in [0.717, 1.165) is 6.42 Å². The first kappa shape index (κ1) is 15.6. The predicted molar refractivity (Wildman–Crippen MR) is 53.4 cm³/mol. The third-order valence-corrected chi connectivity index (χ3v) is 1.98. The topological polar surface area (TPSA) is 0 Å². The van der Waals surface area contributed by atoms with Crippen LogP contribution in [0.15, 0.2) is 48.5 Å². The van der Waals surface area contributed by atoms with E-state index in [1.54, 1.807) is 0 Å². The van der Waals surface area contributed by atoms with E-state index in [-0.39, 0.29) is 65.4 Å². The summed E-state index contributed by atoms with van der Waals surface area (Å²) in [6, 6.07) is 22.2. The molecule has 0 unspecified atom stereocenters. The number of hydrogen-bond acceptors (Lipinski definition) is 0. The van der Waals surface area contributed by atoms with Crippen LogP contribution in [0.3, 0.4) is 0 Å². The minimum atomic E-state index is 0. The first-order valence-electron chi connectivity index (χ1n) is 4.35. The molecule has 0 atom stereocenters. The maximum atomic E-state index is 3.01. The van der Waals surface area contributed by atoms with Gasteiger partial charge in [-0.15, -0.1) is 0 Å². The molecule has 0 N–H and O–H groups in total. The van der Waals surface area contributed by atoms with Gasteiger partial charge in [0.15, 0.2) is 0 Å². The van der Waals surface area contributed by atoms with Crippen molar-refractivity contribution in [2.24, 2.45) is 0 Å². The van der Waals surface area contributed by atoms with Gasteiger partial charge in [-0.3, -0.25) is 0 Å². The van der Waals surface area contributed by atoms with E-state index in [2.05, 4.69) is 36.4 Å². The zero-order chi connectivity index (χ0) is 8.93. The maximum absolute atomic E-state index is 3.01. The quantitative estimate of drug-likeness (QED) is 0.735. The summed E-state index contributed by atoms with van der Waals surface area (Å²) in [4.78, 5) is 0. The van der Waals surface area contributed by atoms with Crippen molar-refractivity contribution in [3.05, 3.63) is 71.8 Å². The molecule has 2 rings (SSSR count). The average molecular weight is 344 g/mol. The molecule has 0 fully saturated rings. The maximum Gasteiger partial charge on any atom is 0 e. The largest absolute Gasteiger partial charge is 0.184 e. The summed E-state index contributed by atoms with van der Waals surface area (Å²) in [6.45, 7) is 0. The van der Waals surface area contributed by atoms with Crippen molar-refractivity contribution >= 4 is 0 Å². The second kappa shape index (κ2) is 8.76. The van der Waals surface area contributed by atoms with Gasteiger partial charge in [0.2, 0.25) is 0 Å². The molecule has 2 radical (unpaired) electrons. The van der Waals surface area contributed by atoms with Gasteiger partial charge in [0.05, 0.1) is 0 Å². The minimum Gasteiger partial charge on any atom is -0.184 e. The molecule has 2 aromatic rings. The number of hydrogen-bond donors (Lipinski definition) is 0. The second-order valence-corrected chi connectivity index (χ2v) is 2.99. The molecule has 0 saturated carbocycles. The summed E-state index contributed by atoms with van der Waals surface area (Å²) in [6.07, 6.45) is 0.989. The average Bonchev–Trinajstić information content (AvgIpc) is 2.21. The van der Waals surface area contributed by atoms with E-state index in [9.17, 15) is 0 Å².